The van der Waals surface area contributed by atoms with Crippen molar-refractivity contribution in [1.29, 1.82) is 0 Å². The number of ether oxygens (including phenoxy) is 1. The molecule has 2 aromatic heterocycles. The number of hydrogen-bond acceptors (Lipinski definition) is 5. The van der Waals surface area contributed by atoms with Crippen LogP contribution >= 0.6 is 11.3 Å². The highest BCUT2D eigenvalue weighted by Gasteiger charge is 2.16. The van der Waals surface area contributed by atoms with Crippen molar-refractivity contribution in [3.63, 3.8) is 0 Å². The standard InChI is InChI=1S/C12H12N2O2S/c1-13-9-7-10(8-3-5-14-6-4-8)17-11(9)12(15)16-2/h3-7,13H,1-2H3. The average molecular weight is 248 g/mol. The monoisotopic (exact) mass is 248 g/mol. The molecule has 88 valence electrons. The molecule has 2 rings (SSSR count). The molecule has 0 unspecified atom stereocenters. The third-order valence-corrected chi connectivity index (χ3v) is 3.50. The van der Waals surface area contributed by atoms with Gasteiger partial charge in [-0.05, 0) is 23.8 Å². The molecular weight excluding hydrogens is 236 g/mol. The van der Waals surface area contributed by atoms with E-state index >= 15 is 0 Å². The van der Waals surface area contributed by atoms with E-state index in [0.717, 1.165) is 16.1 Å². The van der Waals surface area contributed by atoms with Crippen molar-refractivity contribution in [2.24, 2.45) is 0 Å². The molecule has 0 radical (unpaired) electrons. The second-order valence-electron chi connectivity index (χ2n) is 3.33. The van der Waals surface area contributed by atoms with Gasteiger partial charge in [0.1, 0.15) is 4.88 Å². The van der Waals surface area contributed by atoms with Gasteiger partial charge in [0.25, 0.3) is 0 Å². The zero-order chi connectivity index (χ0) is 12.3. The molecule has 0 bridgehead atoms. The van der Waals surface area contributed by atoms with Crippen LogP contribution in [0.15, 0.2) is 30.6 Å². The Kier molecular flexibility index (Phi) is 3.39. The molecule has 0 fully saturated rings. The van der Waals surface area contributed by atoms with Gasteiger partial charge in [-0.3, -0.25) is 4.98 Å². The zero-order valence-corrected chi connectivity index (χ0v) is 10.4. The van der Waals surface area contributed by atoms with E-state index in [1.165, 1.54) is 18.4 Å². The lowest BCUT2D eigenvalue weighted by molar-refractivity contribution is 0.0607. The molecule has 17 heavy (non-hydrogen) atoms. The minimum absolute atomic E-state index is 0.320. The van der Waals surface area contributed by atoms with Gasteiger partial charge in [0, 0.05) is 24.3 Å². The van der Waals surface area contributed by atoms with Gasteiger partial charge in [0.2, 0.25) is 0 Å². The van der Waals surface area contributed by atoms with Crippen molar-refractivity contribution in [3.05, 3.63) is 35.5 Å². The van der Waals surface area contributed by atoms with Crippen LogP contribution in [0.1, 0.15) is 9.67 Å². The molecule has 0 aromatic carbocycles. The van der Waals surface area contributed by atoms with Crippen LogP contribution in [0.25, 0.3) is 10.4 Å². The highest BCUT2D eigenvalue weighted by atomic mass is 32.1. The fourth-order valence-corrected chi connectivity index (χ4v) is 2.57. The topological polar surface area (TPSA) is 51.2 Å². The summed E-state index contributed by atoms with van der Waals surface area (Å²) >= 11 is 1.41. The quantitative estimate of drug-likeness (QED) is 0.848. The molecule has 0 saturated heterocycles. The van der Waals surface area contributed by atoms with Crippen molar-refractivity contribution < 1.29 is 9.53 Å². The van der Waals surface area contributed by atoms with E-state index in [0.29, 0.717) is 4.88 Å². The van der Waals surface area contributed by atoms with Crippen molar-refractivity contribution in [2.45, 2.75) is 0 Å². The highest BCUT2D eigenvalue weighted by molar-refractivity contribution is 7.18. The maximum atomic E-state index is 11.6. The Balaban J connectivity index is 2.45. The first kappa shape index (κ1) is 11.6. The fourth-order valence-electron chi connectivity index (χ4n) is 1.48. The maximum Gasteiger partial charge on any atom is 0.350 e. The van der Waals surface area contributed by atoms with Crippen LogP contribution in [-0.2, 0) is 4.74 Å². The fraction of sp³-hybridized carbons (Fsp3) is 0.167. The lowest BCUT2D eigenvalue weighted by atomic mass is 10.2. The Bertz CT molecular complexity index is 523. The van der Waals surface area contributed by atoms with Gasteiger partial charge in [0.15, 0.2) is 0 Å². The number of hydrogen-bond donors (Lipinski definition) is 1. The van der Waals surface area contributed by atoms with Gasteiger partial charge in [-0.2, -0.15) is 0 Å². The van der Waals surface area contributed by atoms with Crippen LogP contribution in [0.3, 0.4) is 0 Å². The molecule has 0 amide bonds. The van der Waals surface area contributed by atoms with Crippen molar-refractivity contribution in [1.82, 2.24) is 4.98 Å². The first-order chi connectivity index (χ1) is 8.26. The Morgan fingerprint density at radius 3 is 2.71 bits per heavy atom. The van der Waals surface area contributed by atoms with Gasteiger partial charge in [-0.15, -0.1) is 11.3 Å². The number of carbonyl (C=O) groups is 1. The molecule has 0 atom stereocenters. The summed E-state index contributed by atoms with van der Waals surface area (Å²) in [6, 6.07) is 5.75. The van der Waals surface area contributed by atoms with E-state index in [9.17, 15) is 4.79 Å². The molecule has 0 aliphatic heterocycles. The molecule has 4 nitrogen and oxygen atoms in total. The number of pyridine rings is 1. The first-order valence-corrected chi connectivity index (χ1v) is 5.88. The molecular formula is C12H12N2O2S. The largest absolute Gasteiger partial charge is 0.465 e. The number of thiophene rings is 1. The summed E-state index contributed by atoms with van der Waals surface area (Å²) in [5.41, 5.74) is 1.82. The Morgan fingerprint density at radius 2 is 2.12 bits per heavy atom. The maximum absolute atomic E-state index is 11.6. The number of nitrogens with one attached hydrogen (secondary N) is 1. The van der Waals surface area contributed by atoms with Crippen molar-refractivity contribution in [2.75, 3.05) is 19.5 Å². The normalized spacial score (nSPS) is 10.0. The third kappa shape index (κ3) is 2.29. The number of nitrogens with zero attached hydrogens (tertiary/aromatic N) is 1. The Hall–Kier alpha value is -1.88. The van der Waals surface area contributed by atoms with E-state index in [-0.39, 0.29) is 5.97 Å². The summed E-state index contributed by atoms with van der Waals surface area (Å²) in [6.07, 6.45) is 3.46. The molecule has 2 aromatic rings. The summed E-state index contributed by atoms with van der Waals surface area (Å²) < 4.78 is 4.75. The lowest BCUT2D eigenvalue weighted by Crippen LogP contribution is -2.01. The molecule has 5 heteroatoms. The second-order valence-corrected chi connectivity index (χ2v) is 4.38. The van der Waals surface area contributed by atoms with Crippen LogP contribution in [0.2, 0.25) is 0 Å². The van der Waals surface area contributed by atoms with Gasteiger partial charge in [-0.25, -0.2) is 4.79 Å². The average Bonchev–Trinajstić information content (AvgIpc) is 2.83. The van der Waals surface area contributed by atoms with E-state index in [2.05, 4.69) is 10.3 Å². The minimum atomic E-state index is -0.320. The molecule has 0 aliphatic carbocycles. The number of methoxy groups -OCH3 is 1. The Morgan fingerprint density at radius 1 is 1.41 bits per heavy atom. The number of rotatable bonds is 3. The smallest absolute Gasteiger partial charge is 0.350 e. The van der Waals surface area contributed by atoms with Crippen LogP contribution in [0.5, 0.6) is 0 Å². The molecule has 0 saturated carbocycles. The summed E-state index contributed by atoms with van der Waals surface area (Å²) in [6.45, 7) is 0. The van der Waals surface area contributed by atoms with Crippen molar-refractivity contribution >= 4 is 23.0 Å². The molecule has 2 heterocycles. The summed E-state index contributed by atoms with van der Waals surface area (Å²) in [5, 5.41) is 2.99. The predicted molar refractivity (Wildman–Crippen MR) is 68.4 cm³/mol. The third-order valence-electron chi connectivity index (χ3n) is 2.34. The van der Waals surface area contributed by atoms with E-state index in [1.807, 2.05) is 18.2 Å². The summed E-state index contributed by atoms with van der Waals surface area (Å²) in [7, 11) is 3.17. The van der Waals surface area contributed by atoms with E-state index in [1.54, 1.807) is 19.4 Å². The zero-order valence-electron chi connectivity index (χ0n) is 9.56. The van der Waals surface area contributed by atoms with Crippen LogP contribution in [-0.4, -0.2) is 25.1 Å². The number of esters is 1. The summed E-state index contributed by atoms with van der Waals surface area (Å²) in [4.78, 5) is 17.1. The molecule has 0 aliphatic rings. The number of aromatic nitrogens is 1. The SMILES string of the molecule is CNc1cc(-c2ccncc2)sc1C(=O)OC. The predicted octanol–water partition coefficient (Wildman–Crippen LogP) is 2.64. The molecule has 0 spiro atoms. The van der Waals surface area contributed by atoms with Gasteiger partial charge in [0.05, 0.1) is 12.8 Å². The number of carbonyl (C=O) groups excluding carboxylic acids is 1. The second kappa shape index (κ2) is 4.97. The molecule has 1 N–H and O–H groups in total. The number of anilines is 1. The van der Waals surface area contributed by atoms with Crippen molar-refractivity contribution in [3.8, 4) is 10.4 Å². The first-order valence-electron chi connectivity index (χ1n) is 5.06. The van der Waals surface area contributed by atoms with Crippen LogP contribution in [0, 0.1) is 0 Å². The van der Waals surface area contributed by atoms with E-state index < -0.39 is 0 Å². The van der Waals surface area contributed by atoms with Gasteiger partial charge >= 0.3 is 5.97 Å². The minimum Gasteiger partial charge on any atom is -0.465 e. The van der Waals surface area contributed by atoms with Gasteiger partial charge in [-0.1, -0.05) is 0 Å². The Labute approximate surface area is 103 Å². The van der Waals surface area contributed by atoms with Crippen LogP contribution in [0.4, 0.5) is 5.69 Å². The highest BCUT2D eigenvalue weighted by Crippen LogP contribution is 2.34. The van der Waals surface area contributed by atoms with Crippen LogP contribution < -0.4 is 5.32 Å². The lowest BCUT2D eigenvalue weighted by Gasteiger charge is -1.98. The van der Waals surface area contributed by atoms with Gasteiger partial charge < -0.3 is 10.1 Å². The van der Waals surface area contributed by atoms with E-state index in [4.69, 9.17) is 4.74 Å². The summed E-state index contributed by atoms with van der Waals surface area (Å²) in [5.74, 6) is -0.320.